The Morgan fingerprint density at radius 3 is 2.53 bits per heavy atom. The van der Waals surface area contributed by atoms with E-state index >= 15 is 0 Å². The number of benzene rings is 1. The van der Waals surface area contributed by atoms with Gasteiger partial charge in [-0.25, -0.2) is 14.4 Å². The molecule has 0 atom stereocenters. The molecule has 0 unspecified atom stereocenters. The van der Waals surface area contributed by atoms with E-state index < -0.39 is 0 Å². The minimum Gasteiger partial charge on any atom is -0.226 e. The molecule has 2 nitrogen and oxygen atoms in total. The van der Waals surface area contributed by atoms with E-state index in [1.807, 2.05) is 6.92 Å². The Hall–Kier alpha value is -1.48. The van der Waals surface area contributed by atoms with Gasteiger partial charge >= 0.3 is 0 Å². The van der Waals surface area contributed by atoms with Gasteiger partial charge in [-0.2, -0.15) is 0 Å². The van der Waals surface area contributed by atoms with Crippen LogP contribution in [0.2, 0.25) is 5.28 Å². The Bertz CT molecular complexity index is 482. The van der Waals surface area contributed by atoms with E-state index in [0.717, 1.165) is 16.8 Å². The molecule has 76 valence electrons. The summed E-state index contributed by atoms with van der Waals surface area (Å²) in [5.41, 5.74) is 2.47. The third-order valence-electron chi connectivity index (χ3n) is 2.06. The van der Waals surface area contributed by atoms with E-state index in [9.17, 15) is 4.39 Å². The molecule has 0 radical (unpaired) electrons. The largest absolute Gasteiger partial charge is 0.226 e. The van der Waals surface area contributed by atoms with Gasteiger partial charge in [0, 0.05) is 11.8 Å². The van der Waals surface area contributed by atoms with Crippen LogP contribution in [0.5, 0.6) is 0 Å². The summed E-state index contributed by atoms with van der Waals surface area (Å²) in [7, 11) is 0. The van der Waals surface area contributed by atoms with Crippen molar-refractivity contribution in [3.63, 3.8) is 0 Å². The van der Waals surface area contributed by atoms with Gasteiger partial charge in [0.25, 0.3) is 0 Å². The van der Waals surface area contributed by atoms with E-state index in [1.165, 1.54) is 12.1 Å². The third-order valence-corrected chi connectivity index (χ3v) is 2.24. The van der Waals surface area contributed by atoms with E-state index in [4.69, 9.17) is 11.6 Å². The van der Waals surface area contributed by atoms with Crippen LogP contribution in [0, 0.1) is 12.7 Å². The zero-order chi connectivity index (χ0) is 10.8. The first kappa shape index (κ1) is 10.1. The molecule has 0 aliphatic rings. The summed E-state index contributed by atoms with van der Waals surface area (Å²) in [6.45, 7) is 1.88. The molecule has 0 aliphatic heterocycles. The Balaban J connectivity index is 2.53. The van der Waals surface area contributed by atoms with Crippen LogP contribution in [0.4, 0.5) is 4.39 Å². The van der Waals surface area contributed by atoms with E-state index in [1.54, 1.807) is 18.3 Å². The summed E-state index contributed by atoms with van der Waals surface area (Å²) in [5, 5.41) is 0.194. The van der Waals surface area contributed by atoms with Crippen LogP contribution in [-0.2, 0) is 0 Å². The summed E-state index contributed by atoms with van der Waals surface area (Å²) >= 11 is 5.70. The number of aromatic nitrogens is 2. The van der Waals surface area contributed by atoms with Gasteiger partial charge in [0.2, 0.25) is 5.28 Å². The second kappa shape index (κ2) is 3.95. The van der Waals surface area contributed by atoms with Gasteiger partial charge in [-0.15, -0.1) is 0 Å². The van der Waals surface area contributed by atoms with Gasteiger partial charge in [-0.3, -0.25) is 0 Å². The monoisotopic (exact) mass is 222 g/mol. The molecule has 0 fully saturated rings. The van der Waals surface area contributed by atoms with Gasteiger partial charge in [-0.05, 0) is 48.4 Å². The number of halogens is 2. The molecule has 0 spiro atoms. The maximum Gasteiger partial charge on any atom is 0.222 e. The van der Waals surface area contributed by atoms with Crippen LogP contribution in [0.3, 0.4) is 0 Å². The Morgan fingerprint density at radius 1 is 1.20 bits per heavy atom. The molecule has 1 aromatic carbocycles. The van der Waals surface area contributed by atoms with E-state index in [2.05, 4.69) is 9.97 Å². The maximum absolute atomic E-state index is 12.7. The van der Waals surface area contributed by atoms with Crippen molar-refractivity contribution in [3.05, 3.63) is 47.1 Å². The van der Waals surface area contributed by atoms with Crippen molar-refractivity contribution < 1.29 is 4.39 Å². The summed E-state index contributed by atoms with van der Waals surface area (Å²) in [6.07, 6.45) is 1.65. The van der Waals surface area contributed by atoms with Crippen LogP contribution in [0.1, 0.15) is 5.56 Å². The molecule has 2 aromatic rings. The van der Waals surface area contributed by atoms with Crippen molar-refractivity contribution in [2.45, 2.75) is 6.92 Å². The second-order valence-electron chi connectivity index (χ2n) is 3.18. The van der Waals surface area contributed by atoms with Crippen molar-refractivity contribution in [2.24, 2.45) is 0 Å². The van der Waals surface area contributed by atoms with Gasteiger partial charge in [-0.1, -0.05) is 0 Å². The zero-order valence-electron chi connectivity index (χ0n) is 8.04. The fraction of sp³-hybridized carbons (Fsp3) is 0.0909. The first-order valence-electron chi connectivity index (χ1n) is 4.42. The number of nitrogens with zero attached hydrogens (tertiary/aromatic N) is 2. The lowest BCUT2D eigenvalue weighted by Gasteiger charge is -2.04. The van der Waals surface area contributed by atoms with Crippen molar-refractivity contribution in [2.75, 3.05) is 0 Å². The summed E-state index contributed by atoms with van der Waals surface area (Å²) in [5.74, 6) is -0.267. The smallest absolute Gasteiger partial charge is 0.222 e. The predicted molar refractivity (Wildman–Crippen MR) is 57.2 cm³/mol. The quantitative estimate of drug-likeness (QED) is 0.693. The molecule has 0 amide bonds. The summed E-state index contributed by atoms with van der Waals surface area (Å²) in [4.78, 5) is 7.97. The third kappa shape index (κ3) is 2.13. The molecule has 1 aromatic heterocycles. The minimum absolute atomic E-state index is 0.194. The lowest BCUT2D eigenvalue weighted by molar-refractivity contribution is 0.628. The molecule has 15 heavy (non-hydrogen) atoms. The molecule has 0 aliphatic carbocycles. The highest BCUT2D eigenvalue weighted by molar-refractivity contribution is 6.28. The highest BCUT2D eigenvalue weighted by atomic mass is 35.5. The van der Waals surface area contributed by atoms with Crippen LogP contribution < -0.4 is 0 Å². The lowest BCUT2D eigenvalue weighted by atomic mass is 10.1. The molecule has 1 heterocycles. The van der Waals surface area contributed by atoms with Crippen LogP contribution in [0.25, 0.3) is 11.3 Å². The molecule has 4 heteroatoms. The van der Waals surface area contributed by atoms with Gasteiger partial charge in [0.05, 0.1) is 5.69 Å². The average molecular weight is 223 g/mol. The normalized spacial score (nSPS) is 10.3. The second-order valence-corrected chi connectivity index (χ2v) is 3.52. The van der Waals surface area contributed by atoms with E-state index in [0.29, 0.717) is 0 Å². The highest BCUT2D eigenvalue weighted by Gasteiger charge is 2.05. The average Bonchev–Trinajstić information content (AvgIpc) is 2.23. The van der Waals surface area contributed by atoms with Crippen molar-refractivity contribution in [3.8, 4) is 11.3 Å². The highest BCUT2D eigenvalue weighted by Crippen LogP contribution is 2.21. The number of hydrogen-bond acceptors (Lipinski definition) is 2. The van der Waals surface area contributed by atoms with Crippen molar-refractivity contribution in [1.82, 2.24) is 9.97 Å². The van der Waals surface area contributed by atoms with Crippen LogP contribution >= 0.6 is 11.6 Å². The van der Waals surface area contributed by atoms with Gasteiger partial charge in [0.15, 0.2) is 0 Å². The first-order valence-corrected chi connectivity index (χ1v) is 4.79. The van der Waals surface area contributed by atoms with E-state index in [-0.39, 0.29) is 11.1 Å². The lowest BCUT2D eigenvalue weighted by Crippen LogP contribution is -1.91. The SMILES string of the molecule is Cc1cnc(Cl)nc1-c1ccc(F)cc1. The van der Waals surface area contributed by atoms with Crippen LogP contribution in [0.15, 0.2) is 30.5 Å². The summed E-state index contributed by atoms with van der Waals surface area (Å²) in [6, 6.07) is 6.12. The Kier molecular flexibility index (Phi) is 2.64. The topological polar surface area (TPSA) is 25.8 Å². The van der Waals surface area contributed by atoms with Crippen molar-refractivity contribution >= 4 is 11.6 Å². The zero-order valence-corrected chi connectivity index (χ0v) is 8.79. The van der Waals surface area contributed by atoms with Crippen molar-refractivity contribution in [1.29, 1.82) is 0 Å². The number of aryl methyl sites for hydroxylation is 1. The molecular formula is C11H8ClFN2. The molecule has 0 N–H and O–H groups in total. The molecule has 0 saturated carbocycles. The predicted octanol–water partition coefficient (Wildman–Crippen LogP) is 3.24. The van der Waals surface area contributed by atoms with Gasteiger partial charge in [0.1, 0.15) is 5.82 Å². The Morgan fingerprint density at radius 2 is 1.87 bits per heavy atom. The Labute approximate surface area is 91.8 Å². The standard InChI is InChI=1S/C11H8ClFN2/c1-7-6-14-11(12)15-10(7)8-2-4-9(13)5-3-8/h2-6H,1H3. The van der Waals surface area contributed by atoms with Crippen LogP contribution in [-0.4, -0.2) is 9.97 Å². The molecule has 2 rings (SSSR count). The maximum atomic E-state index is 12.7. The molecule has 0 saturated heterocycles. The number of rotatable bonds is 1. The fourth-order valence-electron chi connectivity index (χ4n) is 1.32. The fourth-order valence-corrected chi connectivity index (χ4v) is 1.45. The number of hydrogen-bond donors (Lipinski definition) is 0. The first-order chi connectivity index (χ1) is 7.16. The molecule has 0 bridgehead atoms. The minimum atomic E-state index is -0.267. The molecular weight excluding hydrogens is 215 g/mol. The summed E-state index contributed by atoms with van der Waals surface area (Å²) < 4.78 is 12.7. The van der Waals surface area contributed by atoms with Gasteiger partial charge < -0.3 is 0 Å².